The molecule has 0 saturated carbocycles. The molecule has 1 unspecified atom stereocenters. The molecule has 1 N–H and O–H groups in total. The van der Waals surface area contributed by atoms with Gasteiger partial charge in [0.05, 0.1) is 0 Å². The fourth-order valence-electron chi connectivity index (χ4n) is 2.74. The van der Waals surface area contributed by atoms with Gasteiger partial charge in [0.1, 0.15) is 0 Å². The minimum atomic E-state index is 0.389. The molecule has 0 aromatic carbocycles. The number of hydrogen-bond acceptors (Lipinski definition) is 2. The minimum Gasteiger partial charge on any atom is -0.396 e. The van der Waals surface area contributed by atoms with Gasteiger partial charge in [0, 0.05) is 13.2 Å². The van der Waals surface area contributed by atoms with Crippen molar-refractivity contribution in [1.29, 1.82) is 0 Å². The standard InChI is InChI=1S/C13H23NO/c15-11-13-6-8-14(9-7-13)10-12-4-2-1-3-5-12/h1-2,12-13,15H,3-11H2. The highest BCUT2D eigenvalue weighted by Gasteiger charge is 2.21. The molecule has 0 spiro atoms. The van der Waals surface area contributed by atoms with Crippen LogP contribution >= 0.6 is 0 Å². The van der Waals surface area contributed by atoms with Gasteiger partial charge in [-0.2, -0.15) is 0 Å². The van der Waals surface area contributed by atoms with Crippen molar-refractivity contribution in [3.8, 4) is 0 Å². The van der Waals surface area contributed by atoms with Gasteiger partial charge in [-0.25, -0.2) is 0 Å². The topological polar surface area (TPSA) is 23.5 Å². The third-order valence-corrected chi connectivity index (χ3v) is 3.86. The van der Waals surface area contributed by atoms with Crippen LogP contribution in [0.3, 0.4) is 0 Å². The molecule has 2 heteroatoms. The summed E-state index contributed by atoms with van der Waals surface area (Å²) in [6, 6.07) is 0. The van der Waals surface area contributed by atoms with Crippen LogP contribution in [0.1, 0.15) is 32.1 Å². The maximum Gasteiger partial charge on any atom is 0.0460 e. The van der Waals surface area contributed by atoms with Crippen molar-refractivity contribution in [2.75, 3.05) is 26.2 Å². The molecule has 1 atom stereocenters. The molecule has 0 aromatic rings. The van der Waals surface area contributed by atoms with Gasteiger partial charge < -0.3 is 10.0 Å². The first-order valence-electron chi connectivity index (χ1n) is 6.36. The van der Waals surface area contributed by atoms with E-state index in [1.54, 1.807) is 0 Å². The molecule has 86 valence electrons. The monoisotopic (exact) mass is 209 g/mol. The van der Waals surface area contributed by atoms with Crippen molar-refractivity contribution in [2.45, 2.75) is 32.1 Å². The Balaban J connectivity index is 1.69. The lowest BCUT2D eigenvalue weighted by atomic mass is 9.92. The first-order valence-corrected chi connectivity index (χ1v) is 6.36. The molecule has 2 rings (SSSR count). The van der Waals surface area contributed by atoms with Crippen LogP contribution in [0.5, 0.6) is 0 Å². The maximum atomic E-state index is 9.07. The molecule has 0 bridgehead atoms. The number of rotatable bonds is 3. The molecular formula is C13H23NO. The molecule has 1 fully saturated rings. The molecule has 1 saturated heterocycles. The molecule has 2 nitrogen and oxygen atoms in total. The Labute approximate surface area is 93.0 Å². The number of hydrogen-bond donors (Lipinski definition) is 1. The van der Waals surface area contributed by atoms with E-state index in [1.165, 1.54) is 51.7 Å². The quantitative estimate of drug-likeness (QED) is 0.719. The van der Waals surface area contributed by atoms with E-state index in [0.29, 0.717) is 12.5 Å². The second kappa shape index (κ2) is 5.66. The van der Waals surface area contributed by atoms with Crippen molar-refractivity contribution in [3.05, 3.63) is 12.2 Å². The van der Waals surface area contributed by atoms with E-state index in [-0.39, 0.29) is 0 Å². The summed E-state index contributed by atoms with van der Waals surface area (Å²) in [5.74, 6) is 1.47. The van der Waals surface area contributed by atoms with E-state index < -0.39 is 0 Å². The number of aliphatic hydroxyl groups excluding tert-OH is 1. The van der Waals surface area contributed by atoms with Crippen LogP contribution in [0, 0.1) is 11.8 Å². The zero-order valence-electron chi connectivity index (χ0n) is 9.57. The van der Waals surface area contributed by atoms with Gasteiger partial charge in [-0.1, -0.05) is 12.2 Å². The van der Waals surface area contributed by atoms with Crippen LogP contribution in [0.4, 0.5) is 0 Å². The lowest BCUT2D eigenvalue weighted by Crippen LogP contribution is -2.38. The van der Waals surface area contributed by atoms with Crippen molar-refractivity contribution in [1.82, 2.24) is 4.90 Å². The van der Waals surface area contributed by atoms with Crippen LogP contribution in [0.25, 0.3) is 0 Å². The zero-order chi connectivity index (χ0) is 10.5. The van der Waals surface area contributed by atoms with E-state index in [4.69, 9.17) is 5.11 Å². The zero-order valence-corrected chi connectivity index (χ0v) is 9.57. The number of aliphatic hydroxyl groups is 1. The number of likely N-dealkylation sites (tertiary alicyclic amines) is 1. The second-order valence-electron chi connectivity index (χ2n) is 5.08. The highest BCUT2D eigenvalue weighted by Crippen LogP contribution is 2.22. The molecule has 0 aromatic heterocycles. The highest BCUT2D eigenvalue weighted by atomic mass is 16.3. The molecule has 0 amide bonds. The van der Waals surface area contributed by atoms with Crippen LogP contribution < -0.4 is 0 Å². The third-order valence-electron chi connectivity index (χ3n) is 3.86. The van der Waals surface area contributed by atoms with Crippen molar-refractivity contribution < 1.29 is 5.11 Å². The van der Waals surface area contributed by atoms with Gasteiger partial charge >= 0.3 is 0 Å². The molecule has 0 radical (unpaired) electrons. The van der Waals surface area contributed by atoms with Crippen molar-refractivity contribution in [3.63, 3.8) is 0 Å². The molecular weight excluding hydrogens is 186 g/mol. The molecule has 1 aliphatic heterocycles. The lowest BCUT2D eigenvalue weighted by Gasteiger charge is -2.34. The van der Waals surface area contributed by atoms with Gasteiger partial charge in [0.15, 0.2) is 0 Å². The Morgan fingerprint density at radius 2 is 1.87 bits per heavy atom. The predicted molar refractivity (Wildman–Crippen MR) is 62.7 cm³/mol. The summed E-state index contributed by atoms with van der Waals surface area (Å²) >= 11 is 0. The smallest absolute Gasteiger partial charge is 0.0460 e. The first-order chi connectivity index (χ1) is 7.38. The van der Waals surface area contributed by atoms with Gasteiger partial charge in [0.2, 0.25) is 0 Å². The summed E-state index contributed by atoms with van der Waals surface area (Å²) in [6.45, 7) is 4.07. The number of piperidine rings is 1. The van der Waals surface area contributed by atoms with E-state index in [0.717, 1.165) is 5.92 Å². The summed E-state index contributed by atoms with van der Waals surface area (Å²) < 4.78 is 0. The number of nitrogens with zero attached hydrogens (tertiary/aromatic N) is 1. The average Bonchev–Trinajstić information content (AvgIpc) is 2.31. The van der Waals surface area contributed by atoms with Crippen molar-refractivity contribution >= 4 is 0 Å². The summed E-state index contributed by atoms with van der Waals surface area (Å²) in [4.78, 5) is 2.59. The van der Waals surface area contributed by atoms with E-state index in [9.17, 15) is 0 Å². The first kappa shape index (κ1) is 11.2. The SMILES string of the molecule is OCC1CCN(CC2CC=CCC2)CC1. The molecule has 15 heavy (non-hydrogen) atoms. The Morgan fingerprint density at radius 1 is 1.07 bits per heavy atom. The van der Waals surface area contributed by atoms with Crippen LogP contribution in [-0.2, 0) is 0 Å². The van der Waals surface area contributed by atoms with Gasteiger partial charge in [-0.3, -0.25) is 0 Å². The Morgan fingerprint density at radius 3 is 2.47 bits per heavy atom. The molecule has 2 aliphatic rings. The van der Waals surface area contributed by atoms with Gasteiger partial charge in [0.25, 0.3) is 0 Å². The van der Waals surface area contributed by atoms with E-state index in [2.05, 4.69) is 17.1 Å². The Kier molecular flexibility index (Phi) is 4.21. The fourth-order valence-corrected chi connectivity index (χ4v) is 2.74. The Hall–Kier alpha value is -0.340. The van der Waals surface area contributed by atoms with E-state index >= 15 is 0 Å². The maximum absolute atomic E-state index is 9.07. The Bertz CT molecular complexity index is 207. The summed E-state index contributed by atoms with van der Waals surface area (Å²) in [6.07, 6.45) is 11.0. The minimum absolute atomic E-state index is 0.389. The van der Waals surface area contributed by atoms with Crippen LogP contribution in [0.2, 0.25) is 0 Å². The van der Waals surface area contributed by atoms with Crippen LogP contribution in [0.15, 0.2) is 12.2 Å². The van der Waals surface area contributed by atoms with Gasteiger partial charge in [-0.15, -0.1) is 0 Å². The predicted octanol–water partition coefficient (Wildman–Crippen LogP) is 2.05. The van der Waals surface area contributed by atoms with Crippen molar-refractivity contribution in [2.24, 2.45) is 11.8 Å². The van der Waals surface area contributed by atoms with Crippen LogP contribution in [-0.4, -0.2) is 36.2 Å². The average molecular weight is 209 g/mol. The summed E-state index contributed by atoms with van der Waals surface area (Å²) in [7, 11) is 0. The largest absolute Gasteiger partial charge is 0.396 e. The van der Waals surface area contributed by atoms with E-state index in [1.807, 2.05) is 0 Å². The van der Waals surface area contributed by atoms with Gasteiger partial charge in [-0.05, 0) is 57.0 Å². The lowest BCUT2D eigenvalue weighted by molar-refractivity contribution is 0.118. The summed E-state index contributed by atoms with van der Waals surface area (Å²) in [5, 5.41) is 9.07. The number of allylic oxidation sites excluding steroid dienone is 2. The highest BCUT2D eigenvalue weighted by molar-refractivity contribution is 4.91. The normalized spacial score (nSPS) is 29.5. The molecule has 1 aliphatic carbocycles. The molecule has 1 heterocycles. The second-order valence-corrected chi connectivity index (χ2v) is 5.08. The fraction of sp³-hybridized carbons (Fsp3) is 0.846. The third kappa shape index (κ3) is 3.32. The summed E-state index contributed by atoms with van der Waals surface area (Å²) in [5.41, 5.74) is 0.